The predicted molar refractivity (Wildman–Crippen MR) is 59.8 cm³/mol. The number of hydrogen-bond donors (Lipinski definition) is 0. The Morgan fingerprint density at radius 2 is 2.07 bits per heavy atom. The van der Waals surface area contributed by atoms with Crippen molar-refractivity contribution in [2.45, 2.75) is 13.8 Å². The highest BCUT2D eigenvalue weighted by Crippen LogP contribution is 2.28. The number of hydrogen-bond acceptors (Lipinski definition) is 2. The number of ketones is 1. The van der Waals surface area contributed by atoms with Crippen LogP contribution in [0.3, 0.4) is 0 Å². The van der Waals surface area contributed by atoms with Gasteiger partial charge in [-0.2, -0.15) is 0 Å². The molecule has 0 fully saturated rings. The van der Waals surface area contributed by atoms with E-state index in [9.17, 15) is 9.18 Å². The van der Waals surface area contributed by atoms with E-state index in [-0.39, 0.29) is 17.3 Å². The molecule has 0 heterocycles. The Labute approximate surface area is 96.6 Å². The summed E-state index contributed by atoms with van der Waals surface area (Å²) in [6.07, 6.45) is 0. The van der Waals surface area contributed by atoms with Gasteiger partial charge in [0.1, 0.15) is 11.6 Å². The van der Waals surface area contributed by atoms with Gasteiger partial charge in [0.15, 0.2) is 5.78 Å². The van der Waals surface area contributed by atoms with Gasteiger partial charge in [0.05, 0.1) is 17.1 Å². The Hall–Kier alpha value is -0.900. The lowest BCUT2D eigenvalue weighted by molar-refractivity contribution is 0.0935. The second-order valence-corrected chi connectivity index (χ2v) is 4.34. The maximum Gasteiger partial charge on any atom is 0.168 e. The molecule has 0 aliphatic heterocycles. The van der Waals surface area contributed by atoms with Crippen molar-refractivity contribution in [2.75, 3.05) is 7.11 Å². The van der Waals surface area contributed by atoms with Crippen molar-refractivity contribution < 1.29 is 13.9 Å². The molecule has 4 heteroatoms. The van der Waals surface area contributed by atoms with E-state index in [1.165, 1.54) is 19.2 Å². The molecule has 0 aromatic heterocycles. The molecule has 0 saturated carbocycles. The van der Waals surface area contributed by atoms with E-state index in [0.29, 0.717) is 10.2 Å². The summed E-state index contributed by atoms with van der Waals surface area (Å²) in [5, 5.41) is 0. The third kappa shape index (κ3) is 2.56. The molecular weight excluding hydrogens is 263 g/mol. The van der Waals surface area contributed by atoms with Gasteiger partial charge in [0, 0.05) is 5.92 Å². The summed E-state index contributed by atoms with van der Waals surface area (Å²) in [4.78, 5) is 11.6. The van der Waals surface area contributed by atoms with E-state index >= 15 is 0 Å². The first kappa shape index (κ1) is 12.2. The molecule has 0 spiro atoms. The Morgan fingerprint density at radius 3 is 2.53 bits per heavy atom. The van der Waals surface area contributed by atoms with Crippen LogP contribution in [0.4, 0.5) is 4.39 Å². The van der Waals surface area contributed by atoms with E-state index in [4.69, 9.17) is 4.74 Å². The molecule has 0 N–H and O–H groups in total. The van der Waals surface area contributed by atoms with Crippen molar-refractivity contribution >= 4 is 21.7 Å². The maximum absolute atomic E-state index is 13.5. The second-order valence-electron chi connectivity index (χ2n) is 3.49. The van der Waals surface area contributed by atoms with Gasteiger partial charge in [-0.1, -0.05) is 13.8 Å². The summed E-state index contributed by atoms with van der Waals surface area (Å²) in [5.74, 6) is -0.523. The summed E-state index contributed by atoms with van der Waals surface area (Å²) < 4.78 is 19.0. The summed E-state index contributed by atoms with van der Waals surface area (Å²) in [6, 6.07) is 2.66. The molecule has 15 heavy (non-hydrogen) atoms. The van der Waals surface area contributed by atoms with E-state index in [1.807, 2.05) is 0 Å². The van der Waals surface area contributed by atoms with Crippen LogP contribution in [0.15, 0.2) is 16.6 Å². The van der Waals surface area contributed by atoms with Crippen LogP contribution in [0.5, 0.6) is 5.75 Å². The van der Waals surface area contributed by atoms with Gasteiger partial charge in [-0.3, -0.25) is 4.79 Å². The minimum Gasteiger partial charge on any atom is -0.496 e. The van der Waals surface area contributed by atoms with Crippen LogP contribution in [-0.4, -0.2) is 12.9 Å². The van der Waals surface area contributed by atoms with Crippen molar-refractivity contribution in [1.82, 2.24) is 0 Å². The van der Waals surface area contributed by atoms with Crippen molar-refractivity contribution in [3.63, 3.8) is 0 Å². The Morgan fingerprint density at radius 1 is 1.47 bits per heavy atom. The topological polar surface area (TPSA) is 26.3 Å². The average molecular weight is 275 g/mol. The minimum absolute atomic E-state index is 0.0741. The van der Waals surface area contributed by atoms with Gasteiger partial charge >= 0.3 is 0 Å². The van der Waals surface area contributed by atoms with Crippen molar-refractivity contribution in [3.05, 3.63) is 28.0 Å². The van der Waals surface area contributed by atoms with Crippen LogP contribution in [-0.2, 0) is 0 Å². The van der Waals surface area contributed by atoms with Crippen molar-refractivity contribution in [2.24, 2.45) is 5.92 Å². The van der Waals surface area contributed by atoms with Gasteiger partial charge in [0.25, 0.3) is 0 Å². The quantitative estimate of drug-likeness (QED) is 0.790. The normalized spacial score (nSPS) is 10.5. The average Bonchev–Trinajstić information content (AvgIpc) is 2.17. The molecule has 0 radical (unpaired) electrons. The number of rotatable bonds is 3. The number of methoxy groups -OCH3 is 1. The van der Waals surface area contributed by atoms with Crippen molar-refractivity contribution in [1.29, 1.82) is 0 Å². The van der Waals surface area contributed by atoms with Gasteiger partial charge < -0.3 is 4.74 Å². The summed E-state index contributed by atoms with van der Waals surface area (Å²) >= 11 is 3.15. The smallest absolute Gasteiger partial charge is 0.168 e. The fourth-order valence-corrected chi connectivity index (χ4v) is 1.66. The highest BCUT2D eigenvalue weighted by molar-refractivity contribution is 9.10. The number of benzene rings is 1. The standard InChI is InChI=1S/C11H12BrFO2/c1-6(2)11(14)7-4-10(15-3)8(12)5-9(7)13/h4-6H,1-3H3. The summed E-state index contributed by atoms with van der Waals surface area (Å²) in [5.41, 5.74) is 0.0741. The van der Waals surface area contributed by atoms with Crippen LogP contribution in [0.1, 0.15) is 24.2 Å². The fourth-order valence-electron chi connectivity index (χ4n) is 1.19. The third-order valence-corrected chi connectivity index (χ3v) is 2.65. The SMILES string of the molecule is COc1cc(C(=O)C(C)C)c(F)cc1Br. The molecule has 0 bridgehead atoms. The van der Waals surface area contributed by atoms with Gasteiger partial charge in [-0.15, -0.1) is 0 Å². The van der Waals surface area contributed by atoms with E-state index in [1.54, 1.807) is 13.8 Å². The van der Waals surface area contributed by atoms with Crippen LogP contribution >= 0.6 is 15.9 Å². The minimum atomic E-state index is -0.527. The Bertz CT molecular complexity index is 388. The molecule has 0 aliphatic carbocycles. The zero-order valence-electron chi connectivity index (χ0n) is 8.80. The number of halogens is 2. The molecule has 0 amide bonds. The highest BCUT2D eigenvalue weighted by atomic mass is 79.9. The molecule has 0 saturated heterocycles. The van der Waals surface area contributed by atoms with Crippen molar-refractivity contribution in [3.8, 4) is 5.75 Å². The second kappa shape index (κ2) is 4.75. The highest BCUT2D eigenvalue weighted by Gasteiger charge is 2.17. The van der Waals surface area contributed by atoms with Gasteiger partial charge in [-0.05, 0) is 28.1 Å². The molecule has 1 rings (SSSR count). The summed E-state index contributed by atoms with van der Waals surface area (Å²) in [6.45, 7) is 3.46. The molecule has 0 atom stereocenters. The Kier molecular flexibility index (Phi) is 3.85. The molecule has 0 unspecified atom stereocenters. The maximum atomic E-state index is 13.5. The number of carbonyl (C=O) groups excluding carboxylic acids is 1. The predicted octanol–water partition coefficient (Wildman–Crippen LogP) is 3.44. The van der Waals surface area contributed by atoms with Gasteiger partial charge in [-0.25, -0.2) is 4.39 Å². The molecule has 2 nitrogen and oxygen atoms in total. The molecule has 1 aromatic carbocycles. The lowest BCUT2D eigenvalue weighted by atomic mass is 10.0. The van der Waals surface area contributed by atoms with E-state index < -0.39 is 5.82 Å². The van der Waals surface area contributed by atoms with E-state index in [2.05, 4.69) is 15.9 Å². The van der Waals surface area contributed by atoms with Crippen LogP contribution in [0.25, 0.3) is 0 Å². The first-order valence-electron chi connectivity index (χ1n) is 4.54. The molecule has 1 aromatic rings. The number of ether oxygens (including phenoxy) is 1. The lowest BCUT2D eigenvalue weighted by Crippen LogP contribution is -2.10. The summed E-state index contributed by atoms with van der Waals surface area (Å²) in [7, 11) is 1.47. The third-order valence-electron chi connectivity index (χ3n) is 2.03. The largest absolute Gasteiger partial charge is 0.496 e. The monoisotopic (exact) mass is 274 g/mol. The Balaban J connectivity index is 3.24. The van der Waals surface area contributed by atoms with Crippen LogP contribution < -0.4 is 4.74 Å². The molecule has 82 valence electrons. The zero-order valence-corrected chi connectivity index (χ0v) is 10.4. The number of carbonyl (C=O) groups is 1. The van der Waals surface area contributed by atoms with Crippen LogP contribution in [0, 0.1) is 11.7 Å². The lowest BCUT2D eigenvalue weighted by Gasteiger charge is -2.09. The van der Waals surface area contributed by atoms with Gasteiger partial charge in [0.2, 0.25) is 0 Å². The number of Topliss-reactive ketones (excluding diaryl/α,β-unsaturated/α-hetero) is 1. The fraction of sp³-hybridized carbons (Fsp3) is 0.364. The van der Waals surface area contributed by atoms with Crippen LogP contribution in [0.2, 0.25) is 0 Å². The first-order valence-corrected chi connectivity index (χ1v) is 5.34. The zero-order chi connectivity index (χ0) is 11.6. The molecular formula is C11H12BrFO2. The van der Waals surface area contributed by atoms with E-state index in [0.717, 1.165) is 0 Å². The first-order chi connectivity index (χ1) is 6.97. The molecule has 0 aliphatic rings.